The van der Waals surface area contributed by atoms with Gasteiger partial charge in [0.05, 0.1) is 7.11 Å². The maximum atomic E-state index is 5.92. The molecule has 0 aliphatic heterocycles. The number of aliphatic imine (C=N–C) groups is 1. The third-order valence-corrected chi connectivity index (χ3v) is 4.60. The lowest BCUT2D eigenvalue weighted by Crippen LogP contribution is -2.23. The van der Waals surface area contributed by atoms with E-state index < -0.39 is 0 Å². The Morgan fingerprint density at radius 1 is 1.17 bits per heavy atom. The molecule has 3 N–H and O–H groups in total. The summed E-state index contributed by atoms with van der Waals surface area (Å²) in [6.45, 7) is 2.86. The molecular formula is C18H23N3OS. The molecule has 1 unspecified atom stereocenters. The van der Waals surface area contributed by atoms with Gasteiger partial charge in [0.15, 0.2) is 5.96 Å². The van der Waals surface area contributed by atoms with Crippen LogP contribution >= 0.6 is 11.8 Å². The van der Waals surface area contributed by atoms with E-state index in [-0.39, 0.29) is 0 Å². The predicted octanol–water partition coefficient (Wildman–Crippen LogP) is 3.85. The number of ether oxygens (including phenoxy) is 1. The van der Waals surface area contributed by atoms with Crippen molar-refractivity contribution in [2.75, 3.05) is 24.7 Å². The molecule has 0 fully saturated rings. The van der Waals surface area contributed by atoms with Crippen LogP contribution in [0.5, 0.6) is 5.75 Å². The zero-order valence-electron chi connectivity index (χ0n) is 13.5. The molecule has 0 heterocycles. The van der Waals surface area contributed by atoms with Gasteiger partial charge in [-0.15, -0.1) is 11.8 Å². The number of thioether (sulfide) groups is 1. The third kappa shape index (κ3) is 5.87. The van der Waals surface area contributed by atoms with E-state index in [0.29, 0.717) is 18.4 Å². The van der Waals surface area contributed by atoms with Gasteiger partial charge in [0.1, 0.15) is 5.75 Å². The summed E-state index contributed by atoms with van der Waals surface area (Å²) in [5.74, 6) is 2.74. The van der Waals surface area contributed by atoms with Crippen molar-refractivity contribution in [2.24, 2.45) is 16.6 Å². The lowest BCUT2D eigenvalue weighted by molar-refractivity contribution is 0.405. The first-order valence-corrected chi connectivity index (χ1v) is 8.55. The van der Waals surface area contributed by atoms with Crippen LogP contribution in [-0.2, 0) is 0 Å². The van der Waals surface area contributed by atoms with Gasteiger partial charge in [0.25, 0.3) is 0 Å². The highest BCUT2D eigenvalue weighted by atomic mass is 32.2. The summed E-state index contributed by atoms with van der Waals surface area (Å²) in [6, 6.07) is 17.9. The minimum atomic E-state index is 0.418. The smallest absolute Gasteiger partial charge is 0.193 e. The van der Waals surface area contributed by atoms with Gasteiger partial charge in [-0.2, -0.15) is 0 Å². The molecule has 0 saturated heterocycles. The topological polar surface area (TPSA) is 59.6 Å². The molecule has 0 radical (unpaired) electrons. The van der Waals surface area contributed by atoms with Crippen LogP contribution in [0.25, 0.3) is 0 Å². The molecule has 0 spiro atoms. The number of anilines is 1. The van der Waals surface area contributed by atoms with Crippen molar-refractivity contribution in [3.05, 3.63) is 54.6 Å². The van der Waals surface area contributed by atoms with Crippen LogP contribution in [0.3, 0.4) is 0 Å². The number of nitrogens with zero attached hydrogens (tertiary/aromatic N) is 1. The number of guanidine groups is 1. The molecule has 0 bridgehead atoms. The number of nitrogens with one attached hydrogen (secondary N) is 1. The van der Waals surface area contributed by atoms with E-state index in [1.54, 1.807) is 18.9 Å². The average molecular weight is 329 g/mol. The van der Waals surface area contributed by atoms with Crippen LogP contribution in [0, 0.1) is 5.92 Å². The molecule has 0 aliphatic rings. The number of hydrogen-bond donors (Lipinski definition) is 2. The van der Waals surface area contributed by atoms with Crippen molar-refractivity contribution in [3.63, 3.8) is 0 Å². The van der Waals surface area contributed by atoms with Gasteiger partial charge in [0, 0.05) is 22.9 Å². The Bertz CT molecular complexity index is 631. The van der Waals surface area contributed by atoms with Gasteiger partial charge >= 0.3 is 0 Å². The molecule has 0 saturated carbocycles. The summed E-state index contributed by atoms with van der Waals surface area (Å²) in [6.07, 6.45) is 0. The van der Waals surface area contributed by atoms with E-state index in [4.69, 9.17) is 10.5 Å². The Labute approximate surface area is 142 Å². The van der Waals surface area contributed by atoms with E-state index in [0.717, 1.165) is 22.1 Å². The van der Waals surface area contributed by atoms with Crippen LogP contribution in [-0.4, -0.2) is 25.4 Å². The maximum Gasteiger partial charge on any atom is 0.193 e. The van der Waals surface area contributed by atoms with Gasteiger partial charge in [-0.25, -0.2) is 0 Å². The Morgan fingerprint density at radius 3 is 2.61 bits per heavy atom. The molecule has 23 heavy (non-hydrogen) atoms. The molecule has 0 aromatic heterocycles. The highest BCUT2D eigenvalue weighted by Crippen LogP contribution is 2.29. The molecular weight excluding hydrogens is 306 g/mol. The van der Waals surface area contributed by atoms with E-state index in [2.05, 4.69) is 23.3 Å². The maximum absolute atomic E-state index is 5.92. The molecule has 4 nitrogen and oxygen atoms in total. The lowest BCUT2D eigenvalue weighted by atomic mass is 10.2. The zero-order valence-corrected chi connectivity index (χ0v) is 14.3. The summed E-state index contributed by atoms with van der Waals surface area (Å²) >= 11 is 1.78. The standard InChI is InChI=1S/C18H23N3OS/c1-14(13-23-17-11-7-6-10-16(17)22-2)12-20-18(19)21-15-8-4-3-5-9-15/h3-11,14H,12-13H2,1-2H3,(H3,19,20,21). The largest absolute Gasteiger partial charge is 0.496 e. The second-order valence-electron chi connectivity index (χ2n) is 5.28. The van der Waals surface area contributed by atoms with E-state index in [1.165, 1.54) is 0 Å². The van der Waals surface area contributed by atoms with E-state index in [9.17, 15) is 0 Å². The second-order valence-corrected chi connectivity index (χ2v) is 6.35. The number of nitrogens with two attached hydrogens (primary N) is 1. The van der Waals surface area contributed by atoms with Crippen LogP contribution in [0.1, 0.15) is 6.92 Å². The molecule has 122 valence electrons. The molecule has 0 amide bonds. The van der Waals surface area contributed by atoms with E-state index in [1.807, 2.05) is 48.5 Å². The molecule has 2 rings (SSSR count). The number of hydrogen-bond acceptors (Lipinski definition) is 3. The number of para-hydroxylation sites is 2. The van der Waals surface area contributed by atoms with Crippen molar-refractivity contribution < 1.29 is 4.74 Å². The van der Waals surface area contributed by atoms with Crippen molar-refractivity contribution in [2.45, 2.75) is 11.8 Å². The first-order valence-electron chi connectivity index (χ1n) is 7.57. The molecule has 1 atom stereocenters. The number of benzene rings is 2. The minimum absolute atomic E-state index is 0.418. The number of rotatable bonds is 7. The first-order chi connectivity index (χ1) is 11.2. The summed E-state index contributed by atoms with van der Waals surface area (Å²) in [4.78, 5) is 5.57. The average Bonchev–Trinajstić information content (AvgIpc) is 2.59. The first kappa shape index (κ1) is 17.2. The van der Waals surface area contributed by atoms with Crippen LogP contribution in [0.2, 0.25) is 0 Å². The second kappa shape index (κ2) is 9.10. The third-order valence-electron chi connectivity index (χ3n) is 3.21. The van der Waals surface area contributed by atoms with Crippen molar-refractivity contribution in [3.8, 4) is 5.75 Å². The van der Waals surface area contributed by atoms with Gasteiger partial charge < -0.3 is 15.8 Å². The Kier molecular flexibility index (Phi) is 6.81. The number of methoxy groups -OCH3 is 1. The van der Waals surface area contributed by atoms with Crippen molar-refractivity contribution in [1.29, 1.82) is 0 Å². The van der Waals surface area contributed by atoms with Crippen LogP contribution in [0.4, 0.5) is 5.69 Å². The predicted molar refractivity (Wildman–Crippen MR) is 99.4 cm³/mol. The summed E-state index contributed by atoms with van der Waals surface area (Å²) < 4.78 is 5.36. The van der Waals surface area contributed by atoms with Crippen molar-refractivity contribution >= 4 is 23.4 Å². The zero-order chi connectivity index (χ0) is 16.5. The highest BCUT2D eigenvalue weighted by Gasteiger charge is 2.06. The summed E-state index contributed by atoms with van der Waals surface area (Å²) in [5.41, 5.74) is 6.87. The Hall–Kier alpha value is -2.14. The fraction of sp³-hybridized carbons (Fsp3) is 0.278. The molecule has 2 aromatic rings. The summed E-state index contributed by atoms with van der Waals surface area (Å²) in [5, 5.41) is 3.09. The fourth-order valence-corrected chi connectivity index (χ4v) is 3.02. The molecule has 0 aliphatic carbocycles. The SMILES string of the molecule is COc1ccccc1SCC(C)CN=C(N)Nc1ccccc1. The fourth-order valence-electron chi connectivity index (χ4n) is 1.99. The van der Waals surface area contributed by atoms with Crippen LogP contribution < -0.4 is 15.8 Å². The van der Waals surface area contributed by atoms with E-state index >= 15 is 0 Å². The summed E-state index contributed by atoms with van der Waals surface area (Å²) in [7, 11) is 1.70. The molecule has 2 aromatic carbocycles. The Morgan fingerprint density at radius 2 is 1.87 bits per heavy atom. The lowest BCUT2D eigenvalue weighted by Gasteiger charge is -2.12. The van der Waals surface area contributed by atoms with Gasteiger partial charge in [-0.1, -0.05) is 37.3 Å². The van der Waals surface area contributed by atoms with Gasteiger partial charge in [-0.05, 0) is 30.2 Å². The quantitative estimate of drug-likeness (QED) is 0.460. The monoisotopic (exact) mass is 329 g/mol. The highest BCUT2D eigenvalue weighted by molar-refractivity contribution is 7.99. The van der Waals surface area contributed by atoms with Gasteiger partial charge in [0.2, 0.25) is 0 Å². The van der Waals surface area contributed by atoms with Crippen molar-refractivity contribution in [1.82, 2.24) is 0 Å². The normalized spacial score (nSPS) is 12.7. The Balaban J connectivity index is 1.80. The minimum Gasteiger partial charge on any atom is -0.496 e. The van der Waals surface area contributed by atoms with Crippen LogP contribution in [0.15, 0.2) is 64.5 Å². The van der Waals surface area contributed by atoms with Gasteiger partial charge in [-0.3, -0.25) is 4.99 Å². The molecule has 5 heteroatoms.